The number of halogens is 3. The van der Waals surface area contributed by atoms with Gasteiger partial charge in [-0.2, -0.15) is 17.5 Å². The number of aliphatic carboxylic acids is 1. The largest absolute Gasteiger partial charge is 0.490 e. The molecule has 0 aromatic rings. The zero-order chi connectivity index (χ0) is 22.4. The highest BCUT2D eigenvalue weighted by atomic mass is 32.2. The van der Waals surface area contributed by atoms with Crippen LogP contribution in [0.15, 0.2) is 0 Å². The fraction of sp³-hybridized carbons (Fsp3) is 0.944. The molecule has 1 N–H and O–H groups in total. The van der Waals surface area contributed by atoms with Crippen molar-refractivity contribution in [2.75, 3.05) is 51.7 Å². The van der Waals surface area contributed by atoms with E-state index >= 15 is 0 Å². The minimum atomic E-state index is -5.08. The monoisotopic (exact) mass is 460 g/mol. The lowest BCUT2D eigenvalue weighted by Crippen LogP contribution is -2.37. The van der Waals surface area contributed by atoms with Gasteiger partial charge in [0.1, 0.15) is 0 Å². The van der Waals surface area contributed by atoms with E-state index in [4.69, 9.17) is 19.4 Å². The first-order chi connectivity index (χ1) is 14.0. The number of hydrogen-bond donors (Lipinski definition) is 1. The summed E-state index contributed by atoms with van der Waals surface area (Å²) in [5, 5.41) is 7.12. The van der Waals surface area contributed by atoms with Gasteiger partial charge in [-0.3, -0.25) is 0 Å². The van der Waals surface area contributed by atoms with Crippen molar-refractivity contribution in [3.8, 4) is 0 Å². The highest BCUT2D eigenvalue weighted by molar-refractivity contribution is 7.89. The fourth-order valence-electron chi connectivity index (χ4n) is 3.98. The van der Waals surface area contributed by atoms with Crippen LogP contribution in [0.5, 0.6) is 0 Å². The summed E-state index contributed by atoms with van der Waals surface area (Å²) >= 11 is 0. The predicted molar refractivity (Wildman–Crippen MR) is 103 cm³/mol. The Labute approximate surface area is 175 Å². The summed E-state index contributed by atoms with van der Waals surface area (Å²) in [4.78, 5) is 11.3. The second kappa shape index (κ2) is 10.6. The van der Waals surface area contributed by atoms with Crippen molar-refractivity contribution in [2.45, 2.75) is 56.9 Å². The van der Waals surface area contributed by atoms with Crippen molar-refractivity contribution in [2.24, 2.45) is 0 Å². The molecule has 0 saturated carbocycles. The molecule has 0 aromatic heterocycles. The molecule has 2 atom stereocenters. The van der Waals surface area contributed by atoms with Gasteiger partial charge in [-0.25, -0.2) is 13.2 Å². The lowest BCUT2D eigenvalue weighted by atomic mass is 9.98. The molecule has 3 saturated heterocycles. The van der Waals surface area contributed by atoms with Crippen LogP contribution >= 0.6 is 0 Å². The van der Waals surface area contributed by atoms with Crippen LogP contribution in [0.25, 0.3) is 0 Å². The third kappa shape index (κ3) is 7.33. The average Bonchev–Trinajstić information content (AvgIpc) is 3.38. The van der Waals surface area contributed by atoms with Gasteiger partial charge in [0.05, 0.1) is 30.7 Å². The molecule has 176 valence electrons. The molecule has 0 aliphatic carbocycles. The van der Waals surface area contributed by atoms with Crippen molar-refractivity contribution >= 4 is 16.0 Å². The summed E-state index contributed by atoms with van der Waals surface area (Å²) in [7, 11) is -3.11. The van der Waals surface area contributed by atoms with Gasteiger partial charge in [0.2, 0.25) is 10.0 Å². The molecule has 3 aliphatic heterocycles. The summed E-state index contributed by atoms with van der Waals surface area (Å²) in [6.07, 6.45) is -0.0799. The molecule has 0 radical (unpaired) electrons. The van der Waals surface area contributed by atoms with Crippen LogP contribution in [0.2, 0.25) is 0 Å². The van der Waals surface area contributed by atoms with E-state index < -0.39 is 22.2 Å². The van der Waals surface area contributed by atoms with Crippen LogP contribution in [0.3, 0.4) is 0 Å². The maximum Gasteiger partial charge on any atom is 0.490 e. The number of hydrogen-bond acceptors (Lipinski definition) is 6. The zero-order valence-corrected chi connectivity index (χ0v) is 18.0. The first kappa shape index (κ1) is 25.3. The Morgan fingerprint density at radius 1 is 1.27 bits per heavy atom. The maximum absolute atomic E-state index is 12.2. The molecule has 0 amide bonds. The highest BCUT2D eigenvalue weighted by Gasteiger charge is 2.48. The number of alkyl halides is 3. The van der Waals surface area contributed by atoms with E-state index in [1.165, 1.54) is 25.9 Å². The van der Waals surface area contributed by atoms with Crippen LogP contribution in [-0.4, -0.2) is 98.3 Å². The number of carbonyl (C=O) groups is 1. The van der Waals surface area contributed by atoms with E-state index in [9.17, 15) is 21.6 Å². The Morgan fingerprint density at radius 3 is 2.47 bits per heavy atom. The third-order valence-corrected chi connectivity index (χ3v) is 7.54. The van der Waals surface area contributed by atoms with Crippen LogP contribution in [0, 0.1) is 0 Å². The molecule has 3 aliphatic rings. The van der Waals surface area contributed by atoms with Gasteiger partial charge in [0.25, 0.3) is 0 Å². The topological polar surface area (TPSA) is 96.4 Å². The summed E-state index contributed by atoms with van der Waals surface area (Å²) < 4.78 is 69.7. The molecule has 3 fully saturated rings. The van der Waals surface area contributed by atoms with Crippen LogP contribution in [0.4, 0.5) is 13.2 Å². The third-order valence-electron chi connectivity index (χ3n) is 5.51. The molecule has 1 spiro atoms. The van der Waals surface area contributed by atoms with Gasteiger partial charge in [0.15, 0.2) is 0 Å². The lowest BCUT2D eigenvalue weighted by molar-refractivity contribution is -0.192. The molecule has 0 bridgehead atoms. The Morgan fingerprint density at radius 2 is 1.90 bits per heavy atom. The number of sulfonamides is 1. The van der Waals surface area contributed by atoms with Gasteiger partial charge < -0.3 is 19.5 Å². The minimum absolute atomic E-state index is 0.117. The Kier molecular flexibility index (Phi) is 8.92. The molecule has 3 rings (SSSR count). The van der Waals surface area contributed by atoms with Gasteiger partial charge >= 0.3 is 12.1 Å². The SMILES string of the molecule is CCCS(=O)(=O)N1CC[C@]2(C[C@@H](OCCN3CCCC3)CO2)C1.O=C(O)C(F)(F)F. The van der Waals surface area contributed by atoms with E-state index in [1.54, 1.807) is 4.31 Å². The van der Waals surface area contributed by atoms with E-state index in [2.05, 4.69) is 4.90 Å². The number of nitrogens with zero attached hydrogens (tertiary/aromatic N) is 2. The highest BCUT2D eigenvalue weighted by Crippen LogP contribution is 2.37. The second-order valence-electron chi connectivity index (χ2n) is 7.94. The minimum Gasteiger partial charge on any atom is -0.475 e. The smallest absolute Gasteiger partial charge is 0.475 e. The molecule has 12 heteroatoms. The number of carboxylic acids is 1. The maximum atomic E-state index is 12.2. The average molecular weight is 461 g/mol. The van der Waals surface area contributed by atoms with E-state index in [-0.39, 0.29) is 17.5 Å². The molecule has 0 aromatic carbocycles. The Bertz CT molecular complexity index is 669. The van der Waals surface area contributed by atoms with Crippen molar-refractivity contribution in [1.29, 1.82) is 0 Å². The summed E-state index contributed by atoms with van der Waals surface area (Å²) in [5.74, 6) is -2.52. The number of likely N-dealkylation sites (tertiary alicyclic amines) is 1. The number of rotatable bonds is 7. The Balaban J connectivity index is 0.000000396. The predicted octanol–water partition coefficient (Wildman–Crippen LogP) is 1.71. The van der Waals surface area contributed by atoms with Crippen molar-refractivity contribution < 1.29 is 41.0 Å². The second-order valence-corrected chi connectivity index (χ2v) is 10.0. The molecular formula is C18H31F3N2O6S. The van der Waals surface area contributed by atoms with Gasteiger partial charge in [-0.15, -0.1) is 0 Å². The van der Waals surface area contributed by atoms with Crippen LogP contribution < -0.4 is 0 Å². The normalized spacial score (nSPS) is 28.1. The fourth-order valence-corrected chi connectivity index (χ4v) is 5.56. The van der Waals surface area contributed by atoms with E-state index in [0.717, 1.165) is 26.0 Å². The lowest BCUT2D eigenvalue weighted by Gasteiger charge is -2.23. The Hall–Kier alpha value is -0.950. The van der Waals surface area contributed by atoms with Crippen molar-refractivity contribution in [3.05, 3.63) is 0 Å². The van der Waals surface area contributed by atoms with Gasteiger partial charge in [-0.05, 0) is 38.8 Å². The summed E-state index contributed by atoms with van der Waals surface area (Å²) in [6, 6.07) is 0. The van der Waals surface area contributed by atoms with Crippen molar-refractivity contribution in [3.63, 3.8) is 0 Å². The standard InChI is InChI=1S/C16H30N2O4S.C2HF3O2/c1-2-11-23(19,20)18-8-5-16(14-18)12-15(13-22-16)21-10-9-17-6-3-4-7-17;3-2(4,5)1(6)7/h15H,2-14H2,1H3;(H,6,7)/t15-,16+;/m1./s1. The molecule has 3 heterocycles. The molecule has 8 nitrogen and oxygen atoms in total. The zero-order valence-electron chi connectivity index (χ0n) is 17.2. The summed E-state index contributed by atoms with van der Waals surface area (Å²) in [5.41, 5.74) is -0.306. The van der Waals surface area contributed by atoms with Gasteiger partial charge in [-0.1, -0.05) is 6.92 Å². The van der Waals surface area contributed by atoms with Crippen molar-refractivity contribution in [1.82, 2.24) is 9.21 Å². The van der Waals surface area contributed by atoms with Crippen LogP contribution in [0.1, 0.15) is 39.0 Å². The molecule has 30 heavy (non-hydrogen) atoms. The van der Waals surface area contributed by atoms with Gasteiger partial charge in [0, 0.05) is 26.1 Å². The first-order valence-electron chi connectivity index (χ1n) is 10.2. The summed E-state index contributed by atoms with van der Waals surface area (Å²) in [6.45, 7) is 7.73. The molecular weight excluding hydrogens is 429 g/mol. The molecule has 0 unspecified atom stereocenters. The van der Waals surface area contributed by atoms with E-state index in [0.29, 0.717) is 26.1 Å². The first-order valence-corrected chi connectivity index (χ1v) is 11.8. The number of carboxylic acid groups (broad SMARTS) is 1. The quantitative estimate of drug-likeness (QED) is 0.618. The number of ether oxygens (including phenoxy) is 2. The van der Waals surface area contributed by atoms with Crippen LogP contribution in [-0.2, 0) is 24.3 Å². The van der Waals surface area contributed by atoms with E-state index in [1.807, 2.05) is 6.92 Å².